The Hall–Kier alpha value is -1.32. The lowest BCUT2D eigenvalue weighted by atomic mass is 9.96. The molecule has 120 valence electrons. The van der Waals surface area contributed by atoms with Gasteiger partial charge in [-0.1, -0.05) is 19.9 Å². The zero-order chi connectivity index (χ0) is 16.3. The van der Waals surface area contributed by atoms with E-state index < -0.39 is 27.6 Å². The highest BCUT2D eigenvalue weighted by molar-refractivity contribution is 7.89. The van der Waals surface area contributed by atoms with Crippen molar-refractivity contribution >= 4 is 10.0 Å². The third-order valence-electron chi connectivity index (χ3n) is 2.52. The molecule has 0 aliphatic carbocycles. The molecule has 1 aromatic carbocycles. The molecule has 0 spiro atoms. The van der Waals surface area contributed by atoms with Crippen LogP contribution in [0.15, 0.2) is 29.2 Å². The molecule has 0 bridgehead atoms. The van der Waals surface area contributed by atoms with Gasteiger partial charge in [-0.2, -0.15) is 0 Å². The number of aliphatic hydroxyl groups is 1. The largest absolute Gasteiger partial charge is 0.573 e. The van der Waals surface area contributed by atoms with E-state index in [4.69, 9.17) is 5.11 Å². The molecule has 1 aromatic rings. The first-order valence-electron chi connectivity index (χ1n) is 5.92. The maximum atomic E-state index is 12.1. The number of rotatable bonds is 6. The Morgan fingerprint density at radius 1 is 1.29 bits per heavy atom. The third kappa shape index (κ3) is 5.90. The highest BCUT2D eigenvalue weighted by Crippen LogP contribution is 2.25. The molecule has 0 unspecified atom stereocenters. The molecule has 0 aromatic heterocycles. The Kier molecular flexibility index (Phi) is 5.24. The zero-order valence-corrected chi connectivity index (χ0v) is 12.3. The van der Waals surface area contributed by atoms with Crippen LogP contribution in [-0.2, 0) is 10.0 Å². The average molecular weight is 327 g/mol. The number of benzene rings is 1. The highest BCUT2D eigenvalue weighted by atomic mass is 32.2. The van der Waals surface area contributed by atoms with Crippen LogP contribution in [0.3, 0.4) is 0 Å². The lowest BCUT2D eigenvalue weighted by Gasteiger charge is -2.21. The van der Waals surface area contributed by atoms with Gasteiger partial charge in [0.2, 0.25) is 10.0 Å². The fourth-order valence-electron chi connectivity index (χ4n) is 1.27. The van der Waals surface area contributed by atoms with Gasteiger partial charge in [-0.3, -0.25) is 0 Å². The van der Waals surface area contributed by atoms with Crippen LogP contribution in [0.25, 0.3) is 0 Å². The van der Waals surface area contributed by atoms with E-state index >= 15 is 0 Å². The first-order valence-corrected chi connectivity index (χ1v) is 7.40. The second-order valence-corrected chi connectivity index (χ2v) is 6.94. The van der Waals surface area contributed by atoms with Crippen molar-refractivity contribution in [2.75, 3.05) is 13.2 Å². The topological polar surface area (TPSA) is 75.6 Å². The molecular weight excluding hydrogens is 311 g/mol. The van der Waals surface area contributed by atoms with Crippen molar-refractivity contribution in [1.82, 2.24) is 4.72 Å². The maximum absolute atomic E-state index is 12.1. The molecule has 0 radical (unpaired) electrons. The fourth-order valence-corrected chi connectivity index (χ4v) is 2.54. The van der Waals surface area contributed by atoms with E-state index in [1.165, 1.54) is 0 Å². The standard InChI is InChI=1S/C12H16F3NO4S/c1-11(2,8-17)7-16-21(18,19)10-5-3-4-9(6-10)20-12(13,14)15/h3-6,16-17H,7-8H2,1-2H3. The second kappa shape index (κ2) is 6.20. The van der Waals surface area contributed by atoms with Gasteiger partial charge in [0.05, 0.1) is 4.90 Å². The molecule has 0 heterocycles. The normalized spacial score (nSPS) is 13.2. The highest BCUT2D eigenvalue weighted by Gasteiger charge is 2.31. The molecule has 5 nitrogen and oxygen atoms in total. The first kappa shape index (κ1) is 17.7. The minimum Gasteiger partial charge on any atom is -0.406 e. The summed E-state index contributed by atoms with van der Waals surface area (Å²) < 4.78 is 66.2. The molecule has 0 saturated carbocycles. The van der Waals surface area contributed by atoms with E-state index in [0.717, 1.165) is 24.3 Å². The monoisotopic (exact) mass is 327 g/mol. The lowest BCUT2D eigenvalue weighted by Crippen LogP contribution is -2.36. The number of hydrogen-bond donors (Lipinski definition) is 2. The van der Waals surface area contributed by atoms with Crippen LogP contribution in [0, 0.1) is 5.41 Å². The molecule has 21 heavy (non-hydrogen) atoms. The summed E-state index contributed by atoms with van der Waals surface area (Å²) in [5.41, 5.74) is -0.687. The van der Waals surface area contributed by atoms with Crippen LogP contribution < -0.4 is 9.46 Å². The SMILES string of the molecule is CC(C)(CO)CNS(=O)(=O)c1cccc(OC(F)(F)F)c1. The van der Waals surface area contributed by atoms with E-state index in [-0.39, 0.29) is 18.0 Å². The van der Waals surface area contributed by atoms with Gasteiger partial charge in [-0.15, -0.1) is 13.2 Å². The van der Waals surface area contributed by atoms with Crippen molar-refractivity contribution in [2.45, 2.75) is 25.1 Å². The van der Waals surface area contributed by atoms with E-state index in [2.05, 4.69) is 9.46 Å². The van der Waals surface area contributed by atoms with Gasteiger partial charge in [0, 0.05) is 24.6 Å². The molecule has 2 N–H and O–H groups in total. The van der Waals surface area contributed by atoms with E-state index in [9.17, 15) is 21.6 Å². The number of alkyl halides is 3. The fraction of sp³-hybridized carbons (Fsp3) is 0.500. The average Bonchev–Trinajstić information content (AvgIpc) is 2.35. The van der Waals surface area contributed by atoms with Crippen molar-refractivity contribution in [3.05, 3.63) is 24.3 Å². The number of halogens is 3. The molecule has 9 heteroatoms. The summed E-state index contributed by atoms with van der Waals surface area (Å²) in [6, 6.07) is 4.08. The van der Waals surface area contributed by atoms with E-state index in [1.54, 1.807) is 13.8 Å². The van der Waals surface area contributed by atoms with E-state index in [1.807, 2.05) is 0 Å². The van der Waals surface area contributed by atoms with Crippen LogP contribution in [-0.4, -0.2) is 33.0 Å². The van der Waals surface area contributed by atoms with Gasteiger partial charge < -0.3 is 9.84 Å². The van der Waals surface area contributed by atoms with Gasteiger partial charge >= 0.3 is 6.36 Å². The Labute approximate surface area is 120 Å². The van der Waals surface area contributed by atoms with Crippen molar-refractivity contribution < 1.29 is 31.4 Å². The Morgan fingerprint density at radius 2 is 1.90 bits per heavy atom. The van der Waals surface area contributed by atoms with Crippen molar-refractivity contribution in [1.29, 1.82) is 0 Å². The van der Waals surface area contributed by atoms with Crippen LogP contribution >= 0.6 is 0 Å². The summed E-state index contributed by atoms with van der Waals surface area (Å²) in [5.74, 6) is -0.619. The van der Waals surface area contributed by atoms with Crippen LogP contribution in [0.4, 0.5) is 13.2 Å². The summed E-state index contributed by atoms with van der Waals surface area (Å²) in [7, 11) is -3.99. The summed E-state index contributed by atoms with van der Waals surface area (Å²) in [4.78, 5) is -0.349. The van der Waals surface area contributed by atoms with Crippen LogP contribution in [0.1, 0.15) is 13.8 Å². The third-order valence-corrected chi connectivity index (χ3v) is 3.92. The van der Waals surface area contributed by atoms with Crippen LogP contribution in [0.5, 0.6) is 5.75 Å². The number of nitrogens with one attached hydrogen (secondary N) is 1. The minimum absolute atomic E-state index is 0.0593. The van der Waals surface area contributed by atoms with Gasteiger partial charge in [-0.25, -0.2) is 13.1 Å². The first-order chi connectivity index (χ1) is 9.45. The number of sulfonamides is 1. The predicted octanol–water partition coefficient (Wildman–Crippen LogP) is 1.88. The summed E-state index contributed by atoms with van der Waals surface area (Å²) >= 11 is 0. The predicted molar refractivity (Wildman–Crippen MR) is 69.2 cm³/mol. The van der Waals surface area contributed by atoms with Gasteiger partial charge in [0.1, 0.15) is 5.75 Å². The summed E-state index contributed by atoms with van der Waals surface area (Å²) in [6.45, 7) is 2.97. The smallest absolute Gasteiger partial charge is 0.406 e. The quantitative estimate of drug-likeness (QED) is 0.836. The van der Waals surface area contributed by atoms with Gasteiger partial charge in [0.25, 0.3) is 0 Å². The molecule has 0 atom stereocenters. The Bertz CT molecular complexity index is 584. The molecule has 0 amide bonds. The van der Waals surface area contributed by atoms with Crippen molar-refractivity contribution in [2.24, 2.45) is 5.41 Å². The number of ether oxygens (including phenoxy) is 1. The maximum Gasteiger partial charge on any atom is 0.573 e. The number of aliphatic hydroxyl groups excluding tert-OH is 1. The van der Waals surface area contributed by atoms with Crippen molar-refractivity contribution in [3.8, 4) is 5.75 Å². The number of hydrogen-bond acceptors (Lipinski definition) is 4. The Morgan fingerprint density at radius 3 is 2.43 bits per heavy atom. The molecule has 0 aliphatic heterocycles. The van der Waals surface area contributed by atoms with Crippen LogP contribution in [0.2, 0.25) is 0 Å². The molecule has 1 rings (SSSR count). The molecule has 0 saturated heterocycles. The summed E-state index contributed by atoms with van der Waals surface area (Å²) in [6.07, 6.45) is -4.89. The molecular formula is C12H16F3NO4S. The van der Waals surface area contributed by atoms with Gasteiger partial charge in [0.15, 0.2) is 0 Å². The van der Waals surface area contributed by atoms with Gasteiger partial charge in [-0.05, 0) is 12.1 Å². The minimum atomic E-state index is -4.89. The van der Waals surface area contributed by atoms with Crippen molar-refractivity contribution in [3.63, 3.8) is 0 Å². The molecule has 0 fully saturated rings. The second-order valence-electron chi connectivity index (χ2n) is 5.17. The Balaban J connectivity index is 2.91. The molecule has 0 aliphatic rings. The zero-order valence-electron chi connectivity index (χ0n) is 11.4. The lowest BCUT2D eigenvalue weighted by molar-refractivity contribution is -0.274. The van der Waals surface area contributed by atoms with E-state index in [0.29, 0.717) is 0 Å². The summed E-state index contributed by atoms with van der Waals surface area (Å²) in [5, 5.41) is 9.05.